The smallest absolute Gasteiger partial charge is 0.248 e. The predicted octanol–water partition coefficient (Wildman–Crippen LogP) is 4.23. The molecule has 0 fully saturated rings. The largest absolute Gasteiger partial charge is 0.490 e. The minimum Gasteiger partial charge on any atom is -0.490 e. The van der Waals surface area contributed by atoms with Crippen LogP contribution in [0, 0.1) is 5.82 Å². The van der Waals surface area contributed by atoms with E-state index in [1.807, 2.05) is 19.9 Å². The third-order valence-corrected chi connectivity index (χ3v) is 3.54. The molecule has 0 radical (unpaired) electrons. The number of anilines is 2. The van der Waals surface area contributed by atoms with E-state index in [0.29, 0.717) is 30.4 Å². The Morgan fingerprint density at radius 3 is 2.39 bits per heavy atom. The van der Waals surface area contributed by atoms with Gasteiger partial charge >= 0.3 is 0 Å². The van der Waals surface area contributed by atoms with E-state index in [9.17, 15) is 14.0 Å². The summed E-state index contributed by atoms with van der Waals surface area (Å²) in [6.45, 7) is 6.07. The van der Waals surface area contributed by atoms with E-state index in [4.69, 9.17) is 9.47 Å². The van der Waals surface area contributed by atoms with Gasteiger partial charge in [-0.3, -0.25) is 9.59 Å². The molecular weight excluding hydrogens is 363 g/mol. The summed E-state index contributed by atoms with van der Waals surface area (Å²) in [6.07, 6.45) is 2.98. The van der Waals surface area contributed by atoms with Crippen LogP contribution in [-0.2, 0) is 9.59 Å². The highest BCUT2D eigenvalue weighted by atomic mass is 19.1. The standard InChI is InChI=1S/C21H23FN2O4/c1-4-27-19-10-6-15(12-20(19)28-5-2)7-11-21(26)24-16-8-9-17(22)18(13-16)23-14(3)25/h6-13H,4-5H2,1-3H3,(H,23,25)(H,24,26)/b11-7+. The first-order chi connectivity index (χ1) is 13.4. The fourth-order valence-electron chi connectivity index (χ4n) is 2.42. The van der Waals surface area contributed by atoms with Gasteiger partial charge in [0, 0.05) is 18.7 Å². The number of benzene rings is 2. The summed E-state index contributed by atoms with van der Waals surface area (Å²) in [7, 11) is 0. The van der Waals surface area contributed by atoms with Gasteiger partial charge in [0.05, 0.1) is 18.9 Å². The molecule has 0 saturated carbocycles. The van der Waals surface area contributed by atoms with E-state index in [-0.39, 0.29) is 5.69 Å². The molecule has 2 amide bonds. The van der Waals surface area contributed by atoms with E-state index in [1.54, 1.807) is 18.2 Å². The Balaban J connectivity index is 2.09. The van der Waals surface area contributed by atoms with E-state index >= 15 is 0 Å². The van der Waals surface area contributed by atoms with Gasteiger partial charge in [-0.1, -0.05) is 6.07 Å². The summed E-state index contributed by atoms with van der Waals surface area (Å²) in [6, 6.07) is 9.31. The van der Waals surface area contributed by atoms with Crippen molar-refractivity contribution in [3.63, 3.8) is 0 Å². The predicted molar refractivity (Wildman–Crippen MR) is 107 cm³/mol. The average molecular weight is 386 g/mol. The Kier molecular flexibility index (Phi) is 7.56. The number of amides is 2. The van der Waals surface area contributed by atoms with Crippen LogP contribution >= 0.6 is 0 Å². The number of rotatable bonds is 8. The number of carbonyl (C=O) groups excluding carboxylic acids is 2. The number of halogens is 1. The fourth-order valence-corrected chi connectivity index (χ4v) is 2.42. The van der Waals surface area contributed by atoms with Crippen LogP contribution in [0.5, 0.6) is 11.5 Å². The molecule has 0 bridgehead atoms. The van der Waals surface area contributed by atoms with Crippen LogP contribution in [0.4, 0.5) is 15.8 Å². The summed E-state index contributed by atoms with van der Waals surface area (Å²) in [5, 5.41) is 4.99. The molecule has 2 rings (SSSR count). The summed E-state index contributed by atoms with van der Waals surface area (Å²) >= 11 is 0. The monoisotopic (exact) mass is 386 g/mol. The second-order valence-corrected chi connectivity index (χ2v) is 5.77. The molecule has 0 aliphatic rings. The van der Waals surface area contributed by atoms with Crippen LogP contribution in [-0.4, -0.2) is 25.0 Å². The number of hydrogen-bond acceptors (Lipinski definition) is 4. The molecule has 28 heavy (non-hydrogen) atoms. The van der Waals surface area contributed by atoms with Crippen molar-refractivity contribution in [2.24, 2.45) is 0 Å². The molecule has 2 N–H and O–H groups in total. The lowest BCUT2D eigenvalue weighted by Gasteiger charge is -2.11. The molecule has 0 aliphatic carbocycles. The Bertz CT molecular complexity index is 881. The van der Waals surface area contributed by atoms with Crippen LogP contribution < -0.4 is 20.1 Å². The maximum Gasteiger partial charge on any atom is 0.248 e. The molecule has 2 aromatic carbocycles. The lowest BCUT2D eigenvalue weighted by atomic mass is 10.2. The first-order valence-electron chi connectivity index (χ1n) is 8.88. The molecule has 0 aliphatic heterocycles. The molecule has 2 aromatic rings. The fraction of sp³-hybridized carbons (Fsp3) is 0.238. The first-order valence-corrected chi connectivity index (χ1v) is 8.88. The molecule has 0 unspecified atom stereocenters. The van der Waals surface area contributed by atoms with Gasteiger partial charge in [-0.15, -0.1) is 0 Å². The SMILES string of the molecule is CCOc1ccc(/C=C/C(=O)Nc2ccc(F)c(NC(C)=O)c2)cc1OCC. The van der Waals surface area contributed by atoms with Gasteiger partial charge in [-0.25, -0.2) is 4.39 Å². The Labute approximate surface area is 163 Å². The van der Waals surface area contributed by atoms with Gasteiger partial charge in [0.25, 0.3) is 0 Å². The van der Waals surface area contributed by atoms with Crippen molar-refractivity contribution in [2.45, 2.75) is 20.8 Å². The molecular formula is C21H23FN2O4. The summed E-state index contributed by atoms with van der Waals surface area (Å²) < 4.78 is 24.7. The van der Waals surface area contributed by atoms with E-state index in [1.165, 1.54) is 31.2 Å². The van der Waals surface area contributed by atoms with E-state index in [0.717, 1.165) is 5.56 Å². The van der Waals surface area contributed by atoms with E-state index < -0.39 is 17.6 Å². The van der Waals surface area contributed by atoms with Crippen molar-refractivity contribution in [3.8, 4) is 11.5 Å². The topological polar surface area (TPSA) is 76.7 Å². The third kappa shape index (κ3) is 6.12. The minimum absolute atomic E-state index is 0.00199. The number of ether oxygens (including phenoxy) is 2. The van der Waals surface area contributed by atoms with Crippen LogP contribution in [0.25, 0.3) is 6.08 Å². The average Bonchev–Trinajstić information content (AvgIpc) is 2.64. The lowest BCUT2D eigenvalue weighted by molar-refractivity contribution is -0.114. The van der Waals surface area contributed by atoms with Crippen molar-refractivity contribution >= 4 is 29.3 Å². The minimum atomic E-state index is -0.582. The molecule has 0 heterocycles. The Hall–Kier alpha value is -3.35. The third-order valence-electron chi connectivity index (χ3n) is 3.54. The summed E-state index contributed by atoms with van der Waals surface area (Å²) in [5.41, 5.74) is 1.13. The second kappa shape index (κ2) is 10.1. The van der Waals surface area contributed by atoms with Crippen LogP contribution in [0.1, 0.15) is 26.3 Å². The van der Waals surface area contributed by atoms with Crippen molar-refractivity contribution in [1.29, 1.82) is 0 Å². The number of carbonyl (C=O) groups is 2. The lowest BCUT2D eigenvalue weighted by Crippen LogP contribution is -2.10. The molecule has 0 aromatic heterocycles. The molecule has 0 saturated heterocycles. The molecule has 148 valence electrons. The Morgan fingerprint density at radius 1 is 1.00 bits per heavy atom. The van der Waals surface area contributed by atoms with Crippen molar-refractivity contribution < 1.29 is 23.5 Å². The first kappa shape index (κ1) is 21.0. The molecule has 7 heteroatoms. The zero-order valence-electron chi connectivity index (χ0n) is 16.0. The quantitative estimate of drug-likeness (QED) is 0.666. The molecule has 0 spiro atoms. The van der Waals surface area contributed by atoms with Gasteiger partial charge in [0.15, 0.2) is 11.5 Å². The summed E-state index contributed by atoms with van der Waals surface area (Å²) in [5.74, 6) is -0.134. The Morgan fingerprint density at radius 2 is 1.71 bits per heavy atom. The van der Waals surface area contributed by atoms with Crippen LogP contribution in [0.3, 0.4) is 0 Å². The van der Waals surface area contributed by atoms with Gasteiger partial charge in [0.2, 0.25) is 11.8 Å². The molecule has 6 nitrogen and oxygen atoms in total. The zero-order chi connectivity index (χ0) is 20.5. The van der Waals surface area contributed by atoms with Gasteiger partial charge in [0.1, 0.15) is 5.82 Å². The highest BCUT2D eigenvalue weighted by Gasteiger charge is 2.07. The summed E-state index contributed by atoms with van der Waals surface area (Å²) in [4.78, 5) is 23.3. The van der Waals surface area contributed by atoms with Crippen molar-refractivity contribution in [2.75, 3.05) is 23.8 Å². The normalized spacial score (nSPS) is 10.6. The number of nitrogens with one attached hydrogen (secondary N) is 2. The zero-order valence-corrected chi connectivity index (χ0v) is 16.0. The van der Waals surface area contributed by atoms with Crippen LogP contribution in [0.2, 0.25) is 0 Å². The van der Waals surface area contributed by atoms with Gasteiger partial charge < -0.3 is 20.1 Å². The van der Waals surface area contributed by atoms with Gasteiger partial charge in [-0.05, 0) is 55.8 Å². The van der Waals surface area contributed by atoms with Gasteiger partial charge in [-0.2, -0.15) is 0 Å². The maximum atomic E-state index is 13.7. The maximum absolute atomic E-state index is 13.7. The van der Waals surface area contributed by atoms with Crippen LogP contribution in [0.15, 0.2) is 42.5 Å². The van der Waals surface area contributed by atoms with Crippen molar-refractivity contribution in [1.82, 2.24) is 0 Å². The molecule has 0 atom stereocenters. The highest BCUT2D eigenvalue weighted by molar-refractivity contribution is 6.02. The number of hydrogen-bond donors (Lipinski definition) is 2. The highest BCUT2D eigenvalue weighted by Crippen LogP contribution is 2.29. The van der Waals surface area contributed by atoms with E-state index in [2.05, 4.69) is 10.6 Å². The second-order valence-electron chi connectivity index (χ2n) is 5.77. The van der Waals surface area contributed by atoms with Crippen molar-refractivity contribution in [3.05, 3.63) is 53.9 Å².